The Morgan fingerprint density at radius 3 is 2.52 bits per heavy atom. The minimum Gasteiger partial charge on any atom is -0.393 e. The Morgan fingerprint density at radius 2 is 1.74 bits per heavy atom. The van der Waals surface area contributed by atoms with Crippen molar-refractivity contribution in [2.45, 2.75) is 90.4 Å². The first-order chi connectivity index (χ1) is 10.9. The fraction of sp³-hybridized carbons (Fsp3) is 1.00. The molecule has 1 aliphatic heterocycles. The van der Waals surface area contributed by atoms with Crippen LogP contribution in [-0.4, -0.2) is 23.4 Å². The van der Waals surface area contributed by atoms with E-state index in [-0.39, 0.29) is 6.10 Å². The highest BCUT2D eigenvalue weighted by atomic mass is 16.6. The van der Waals surface area contributed by atoms with Gasteiger partial charge in [-0.3, -0.25) is 0 Å². The summed E-state index contributed by atoms with van der Waals surface area (Å²) in [5.41, 5.74) is 0.955. The van der Waals surface area contributed by atoms with Gasteiger partial charge in [0.2, 0.25) is 0 Å². The summed E-state index contributed by atoms with van der Waals surface area (Å²) in [6, 6.07) is 0. The topological polar surface area (TPSA) is 32.8 Å². The lowest BCUT2D eigenvalue weighted by Crippen LogP contribution is -2.54. The maximum Gasteiger partial charge on any atom is 0.0847 e. The van der Waals surface area contributed by atoms with E-state index >= 15 is 0 Å². The highest BCUT2D eigenvalue weighted by Gasteiger charge is 2.63. The number of epoxide rings is 1. The van der Waals surface area contributed by atoms with Crippen molar-refractivity contribution in [2.75, 3.05) is 0 Å². The zero-order chi connectivity index (χ0) is 16.0. The van der Waals surface area contributed by atoms with Crippen LogP contribution >= 0.6 is 0 Å². The van der Waals surface area contributed by atoms with Crippen molar-refractivity contribution in [3.63, 3.8) is 0 Å². The summed E-state index contributed by atoms with van der Waals surface area (Å²) >= 11 is 0. The minimum absolute atomic E-state index is 0.122. The number of hydrogen-bond acceptors (Lipinski definition) is 2. The zero-order valence-corrected chi connectivity index (χ0v) is 15.1. The Kier molecular flexibility index (Phi) is 3.14. The molecule has 5 unspecified atom stereocenters. The zero-order valence-electron chi connectivity index (χ0n) is 15.1. The average Bonchev–Trinajstić information content (AvgIpc) is 3.13. The van der Waals surface area contributed by atoms with Crippen LogP contribution in [0.15, 0.2) is 0 Å². The number of ether oxygens (including phenoxy) is 1. The van der Waals surface area contributed by atoms with Gasteiger partial charge in [-0.25, -0.2) is 0 Å². The summed E-state index contributed by atoms with van der Waals surface area (Å²) in [7, 11) is 0. The molecule has 0 spiro atoms. The summed E-state index contributed by atoms with van der Waals surface area (Å²) in [5, 5.41) is 10.3. The van der Waals surface area contributed by atoms with Gasteiger partial charge in [-0.05, 0) is 98.7 Å². The highest BCUT2D eigenvalue weighted by Crippen LogP contribution is 2.69. The van der Waals surface area contributed by atoms with Crippen molar-refractivity contribution in [3.05, 3.63) is 0 Å². The van der Waals surface area contributed by atoms with Gasteiger partial charge >= 0.3 is 0 Å². The van der Waals surface area contributed by atoms with Crippen LogP contribution in [0.1, 0.15) is 72.1 Å². The van der Waals surface area contributed by atoms with E-state index in [1.165, 1.54) is 51.4 Å². The van der Waals surface area contributed by atoms with Crippen molar-refractivity contribution in [1.29, 1.82) is 0 Å². The monoisotopic (exact) mass is 318 g/mol. The quantitative estimate of drug-likeness (QED) is 0.727. The Bertz CT molecular complexity index is 502. The summed E-state index contributed by atoms with van der Waals surface area (Å²) in [6.07, 6.45) is 12.1. The van der Waals surface area contributed by atoms with Crippen molar-refractivity contribution in [1.82, 2.24) is 0 Å². The van der Waals surface area contributed by atoms with Crippen LogP contribution in [0.5, 0.6) is 0 Å². The molecule has 1 saturated heterocycles. The minimum atomic E-state index is -0.122. The maximum absolute atomic E-state index is 10.3. The van der Waals surface area contributed by atoms with Gasteiger partial charge < -0.3 is 9.84 Å². The van der Waals surface area contributed by atoms with Crippen molar-refractivity contribution in [3.8, 4) is 0 Å². The first-order valence-corrected chi connectivity index (χ1v) is 10.3. The lowest BCUT2D eigenvalue weighted by molar-refractivity contribution is -0.114. The van der Waals surface area contributed by atoms with E-state index in [2.05, 4.69) is 13.8 Å². The van der Waals surface area contributed by atoms with Crippen molar-refractivity contribution in [2.24, 2.45) is 40.4 Å². The Labute approximate surface area is 141 Å². The Morgan fingerprint density at radius 1 is 0.957 bits per heavy atom. The molecule has 0 amide bonds. The molecule has 0 aromatic rings. The fourth-order valence-corrected chi connectivity index (χ4v) is 8.35. The molecule has 0 aromatic heterocycles. The molecule has 10 atom stereocenters. The number of aliphatic hydroxyl groups excluding tert-OH is 1. The lowest BCUT2D eigenvalue weighted by Gasteiger charge is -2.60. The number of fused-ring (bicyclic) bond motifs is 6. The second-order valence-corrected chi connectivity index (χ2v) is 10.3. The standard InChI is InChI=1S/C21H34O2/c1-12(22)15-6-7-16-14-5-4-13-10-18-19(23-18)11-21(13,3)17(14)8-9-20(15,16)2/h12-19,22H,4-11H2,1-3H3/t12?,13?,14?,15-,16?,17?,18+,19-,20-,21+/m1/s1. The van der Waals surface area contributed by atoms with Crippen molar-refractivity contribution >= 4 is 0 Å². The van der Waals surface area contributed by atoms with Crippen molar-refractivity contribution < 1.29 is 9.84 Å². The van der Waals surface area contributed by atoms with Crippen LogP contribution in [0.4, 0.5) is 0 Å². The molecule has 1 heterocycles. The third-order valence-electron chi connectivity index (χ3n) is 9.57. The first kappa shape index (κ1) is 15.2. The van der Waals surface area contributed by atoms with Gasteiger partial charge in [0.1, 0.15) is 0 Å². The van der Waals surface area contributed by atoms with Crippen LogP contribution in [-0.2, 0) is 4.74 Å². The predicted octanol–water partition coefficient (Wildman–Crippen LogP) is 4.40. The molecular weight excluding hydrogens is 284 g/mol. The first-order valence-electron chi connectivity index (χ1n) is 10.3. The third-order valence-corrected chi connectivity index (χ3v) is 9.57. The molecule has 2 nitrogen and oxygen atoms in total. The summed E-state index contributed by atoms with van der Waals surface area (Å²) in [5.74, 6) is 4.19. The van der Waals surface area contributed by atoms with Gasteiger partial charge in [0.25, 0.3) is 0 Å². The molecule has 5 aliphatic rings. The molecule has 5 rings (SSSR count). The van der Waals surface area contributed by atoms with Crippen LogP contribution in [0.3, 0.4) is 0 Å². The van der Waals surface area contributed by atoms with Crippen LogP contribution in [0.25, 0.3) is 0 Å². The summed E-state index contributed by atoms with van der Waals surface area (Å²) < 4.78 is 5.94. The molecule has 0 bridgehead atoms. The summed E-state index contributed by atoms with van der Waals surface area (Å²) in [6.45, 7) is 7.18. The number of aliphatic hydroxyl groups is 1. The SMILES string of the molecule is CC(O)[C@H]1CCC2C3CCC4C[C@@H]5O[C@@H]5C[C@]4(C)C3CC[C@@]21C. The molecule has 130 valence electrons. The van der Waals surface area contributed by atoms with E-state index in [4.69, 9.17) is 4.74 Å². The second kappa shape index (κ2) is 4.75. The molecule has 0 radical (unpaired) electrons. The van der Waals surface area contributed by atoms with E-state index < -0.39 is 0 Å². The maximum atomic E-state index is 10.3. The molecule has 5 fully saturated rings. The number of rotatable bonds is 1. The average molecular weight is 319 g/mol. The van der Waals surface area contributed by atoms with Gasteiger partial charge in [-0.15, -0.1) is 0 Å². The van der Waals surface area contributed by atoms with Gasteiger partial charge in [-0.2, -0.15) is 0 Å². The van der Waals surface area contributed by atoms with E-state index in [0.717, 1.165) is 23.7 Å². The molecule has 4 saturated carbocycles. The smallest absolute Gasteiger partial charge is 0.0847 e. The fourth-order valence-electron chi connectivity index (χ4n) is 8.35. The van der Waals surface area contributed by atoms with Crippen LogP contribution < -0.4 is 0 Å². The normalized spacial score (nSPS) is 61.8. The van der Waals surface area contributed by atoms with Gasteiger partial charge in [0, 0.05) is 0 Å². The third kappa shape index (κ3) is 1.94. The van der Waals surface area contributed by atoms with E-state index in [1.54, 1.807) is 0 Å². The molecule has 2 heteroatoms. The van der Waals surface area contributed by atoms with Gasteiger partial charge in [0.15, 0.2) is 0 Å². The number of hydrogen-bond donors (Lipinski definition) is 1. The molecule has 4 aliphatic carbocycles. The second-order valence-electron chi connectivity index (χ2n) is 10.3. The van der Waals surface area contributed by atoms with E-state index in [1.807, 2.05) is 6.92 Å². The molecule has 0 aromatic carbocycles. The van der Waals surface area contributed by atoms with Gasteiger partial charge in [0.05, 0.1) is 18.3 Å². The molecule has 1 N–H and O–H groups in total. The largest absolute Gasteiger partial charge is 0.393 e. The molecule has 23 heavy (non-hydrogen) atoms. The van der Waals surface area contributed by atoms with E-state index in [9.17, 15) is 5.11 Å². The lowest BCUT2D eigenvalue weighted by atomic mass is 9.45. The molecular formula is C21H34O2. The Hall–Kier alpha value is -0.0800. The van der Waals surface area contributed by atoms with E-state index in [0.29, 0.717) is 29.0 Å². The van der Waals surface area contributed by atoms with Crippen LogP contribution in [0.2, 0.25) is 0 Å². The predicted molar refractivity (Wildman–Crippen MR) is 90.9 cm³/mol. The highest BCUT2D eigenvalue weighted by molar-refractivity contribution is 5.12. The van der Waals surface area contributed by atoms with Crippen LogP contribution in [0, 0.1) is 40.4 Å². The summed E-state index contributed by atoms with van der Waals surface area (Å²) in [4.78, 5) is 0. The Balaban J connectivity index is 1.44. The van der Waals surface area contributed by atoms with Gasteiger partial charge in [-0.1, -0.05) is 13.8 Å².